The third-order valence-corrected chi connectivity index (χ3v) is 6.80. The molecule has 1 aliphatic carbocycles. The van der Waals surface area contributed by atoms with Crippen LogP contribution in [0.25, 0.3) is 0 Å². The topological polar surface area (TPSA) is 83.1 Å². The van der Waals surface area contributed by atoms with Crippen molar-refractivity contribution >= 4 is 11.8 Å². The van der Waals surface area contributed by atoms with E-state index < -0.39 is 11.9 Å². The van der Waals surface area contributed by atoms with E-state index in [1.54, 1.807) is 14.2 Å². The number of nitrogens with one attached hydrogen (secondary N) is 1. The third kappa shape index (κ3) is 5.22. The van der Waals surface area contributed by atoms with Crippen LogP contribution in [0.5, 0.6) is 17.2 Å². The van der Waals surface area contributed by atoms with E-state index in [0.717, 1.165) is 16.8 Å². The van der Waals surface area contributed by atoms with Crippen molar-refractivity contribution in [2.24, 2.45) is 0 Å². The molecule has 1 aliphatic heterocycles. The van der Waals surface area contributed by atoms with Crippen LogP contribution in [0.2, 0.25) is 0 Å². The van der Waals surface area contributed by atoms with Crippen molar-refractivity contribution in [3.8, 4) is 17.2 Å². The summed E-state index contributed by atoms with van der Waals surface area (Å²) in [5.41, 5.74) is 4.33. The first-order valence-electron chi connectivity index (χ1n) is 12.7. The number of carbonyl (C=O) groups excluding carboxylic acids is 2. The van der Waals surface area contributed by atoms with Gasteiger partial charge in [-0.05, 0) is 63.8 Å². The monoisotopic (exact) mass is 505 g/mol. The second kappa shape index (κ2) is 11.1. The summed E-state index contributed by atoms with van der Waals surface area (Å²) in [5.74, 6) is 0.861. The van der Waals surface area contributed by atoms with Gasteiger partial charge in [-0.3, -0.25) is 4.79 Å². The number of esters is 1. The summed E-state index contributed by atoms with van der Waals surface area (Å²) < 4.78 is 22.4. The van der Waals surface area contributed by atoms with Crippen molar-refractivity contribution in [2.45, 2.75) is 58.5 Å². The molecule has 0 radical (unpaired) electrons. The molecular formula is C30H35NO6. The second-order valence-electron chi connectivity index (χ2n) is 9.56. The zero-order chi connectivity index (χ0) is 26.7. The Morgan fingerprint density at radius 1 is 1.03 bits per heavy atom. The number of methoxy groups -OCH3 is 2. The van der Waals surface area contributed by atoms with Gasteiger partial charge in [0.2, 0.25) is 0 Å². The summed E-state index contributed by atoms with van der Waals surface area (Å²) in [6.07, 6.45) is 0.644. The lowest BCUT2D eigenvalue weighted by atomic mass is 9.71. The summed E-state index contributed by atoms with van der Waals surface area (Å²) in [4.78, 5) is 27.2. The molecule has 196 valence electrons. The van der Waals surface area contributed by atoms with E-state index in [2.05, 4.69) is 5.32 Å². The highest BCUT2D eigenvalue weighted by molar-refractivity contribution is 6.04. The van der Waals surface area contributed by atoms with Crippen LogP contribution in [-0.4, -0.2) is 38.7 Å². The lowest BCUT2D eigenvalue weighted by Gasteiger charge is -2.37. The van der Waals surface area contributed by atoms with Crippen LogP contribution in [0, 0.1) is 0 Å². The maximum atomic E-state index is 13.9. The molecule has 1 heterocycles. The van der Waals surface area contributed by atoms with Crippen molar-refractivity contribution in [2.75, 3.05) is 20.8 Å². The fourth-order valence-corrected chi connectivity index (χ4v) is 5.25. The van der Waals surface area contributed by atoms with Crippen LogP contribution < -0.4 is 19.5 Å². The molecule has 7 nitrogen and oxygen atoms in total. The smallest absolute Gasteiger partial charge is 0.337 e. The summed E-state index contributed by atoms with van der Waals surface area (Å²) >= 11 is 0. The average Bonchev–Trinajstić information content (AvgIpc) is 2.87. The fraction of sp³-hybridized carbons (Fsp3) is 0.400. The Balaban J connectivity index is 1.81. The quantitative estimate of drug-likeness (QED) is 0.480. The molecule has 0 spiro atoms. The molecule has 2 aromatic carbocycles. The van der Waals surface area contributed by atoms with E-state index in [1.165, 1.54) is 0 Å². The van der Waals surface area contributed by atoms with Gasteiger partial charge in [0.15, 0.2) is 17.3 Å². The Labute approximate surface area is 218 Å². The van der Waals surface area contributed by atoms with Crippen LogP contribution in [0.3, 0.4) is 0 Å². The lowest BCUT2D eigenvalue weighted by Crippen LogP contribution is -2.36. The molecule has 7 heteroatoms. The van der Waals surface area contributed by atoms with Crippen molar-refractivity contribution in [3.63, 3.8) is 0 Å². The molecule has 2 aliphatic rings. The molecule has 4 rings (SSSR count). The van der Waals surface area contributed by atoms with E-state index in [-0.39, 0.29) is 17.8 Å². The van der Waals surface area contributed by atoms with Crippen LogP contribution in [0.1, 0.15) is 63.5 Å². The number of ether oxygens (including phenoxy) is 4. The van der Waals surface area contributed by atoms with Crippen LogP contribution >= 0.6 is 0 Å². The first kappa shape index (κ1) is 26.3. The Morgan fingerprint density at radius 2 is 1.76 bits per heavy atom. The molecule has 2 aromatic rings. The van der Waals surface area contributed by atoms with Gasteiger partial charge in [0.25, 0.3) is 0 Å². The minimum Gasteiger partial charge on any atom is -0.494 e. The SMILES string of the molecule is CCOc1ccccc1[C@@H]1C(C(=O)OC(C)C)=C(C)NC2=C1C(=O)C[C@@H](c1ccc(OC)c(OC)c1)C2. The molecule has 0 aromatic heterocycles. The second-order valence-corrected chi connectivity index (χ2v) is 9.56. The lowest BCUT2D eigenvalue weighted by molar-refractivity contribution is -0.143. The number of dihydropyridines is 1. The normalized spacial score (nSPS) is 19.4. The predicted molar refractivity (Wildman–Crippen MR) is 141 cm³/mol. The highest BCUT2D eigenvalue weighted by Crippen LogP contribution is 2.48. The van der Waals surface area contributed by atoms with E-state index in [4.69, 9.17) is 18.9 Å². The number of hydrogen-bond acceptors (Lipinski definition) is 7. The molecule has 0 amide bonds. The Morgan fingerprint density at radius 3 is 2.43 bits per heavy atom. The van der Waals surface area contributed by atoms with Crippen LogP contribution in [-0.2, 0) is 14.3 Å². The summed E-state index contributed by atoms with van der Waals surface area (Å²) in [5, 5.41) is 3.40. The first-order chi connectivity index (χ1) is 17.8. The average molecular weight is 506 g/mol. The number of ketones is 1. The fourth-order valence-electron chi connectivity index (χ4n) is 5.25. The molecular weight excluding hydrogens is 470 g/mol. The minimum atomic E-state index is -0.580. The maximum Gasteiger partial charge on any atom is 0.337 e. The van der Waals surface area contributed by atoms with Gasteiger partial charge in [0.1, 0.15) is 5.75 Å². The predicted octanol–water partition coefficient (Wildman–Crippen LogP) is 5.42. The van der Waals surface area contributed by atoms with E-state index >= 15 is 0 Å². The zero-order valence-electron chi connectivity index (χ0n) is 22.3. The molecule has 0 unspecified atom stereocenters. The van der Waals surface area contributed by atoms with Gasteiger partial charge in [-0.25, -0.2) is 4.79 Å². The number of hydrogen-bond donors (Lipinski definition) is 1. The number of para-hydroxylation sites is 1. The van der Waals surface area contributed by atoms with Gasteiger partial charge in [-0.1, -0.05) is 24.3 Å². The maximum absolute atomic E-state index is 13.9. The van der Waals surface area contributed by atoms with Gasteiger partial charge in [0, 0.05) is 29.0 Å². The van der Waals surface area contributed by atoms with E-state index in [9.17, 15) is 9.59 Å². The number of benzene rings is 2. The van der Waals surface area contributed by atoms with Gasteiger partial charge >= 0.3 is 5.97 Å². The molecule has 0 fully saturated rings. The number of allylic oxidation sites excluding steroid dienone is 3. The summed E-state index contributed by atoms with van der Waals surface area (Å²) in [6.45, 7) is 7.88. The van der Waals surface area contributed by atoms with Crippen LogP contribution in [0.15, 0.2) is 65.0 Å². The number of rotatable bonds is 8. The zero-order valence-corrected chi connectivity index (χ0v) is 22.3. The standard InChI is InChI=1S/C30H35NO6/c1-7-36-24-11-9-8-10-21(24)28-27(30(33)37-17(2)3)18(4)31-22-14-20(15-23(32)29(22)28)19-12-13-25(34-5)26(16-19)35-6/h8-13,16-17,20,28,31H,7,14-15H2,1-6H3/t20-,28+/m0/s1. The molecule has 1 N–H and O–H groups in total. The summed E-state index contributed by atoms with van der Waals surface area (Å²) in [6, 6.07) is 13.4. The summed E-state index contributed by atoms with van der Waals surface area (Å²) in [7, 11) is 3.20. The van der Waals surface area contributed by atoms with Gasteiger partial charge < -0.3 is 24.3 Å². The van der Waals surface area contributed by atoms with Gasteiger partial charge in [-0.2, -0.15) is 0 Å². The van der Waals surface area contributed by atoms with Gasteiger partial charge in [0.05, 0.1) is 38.4 Å². The first-order valence-corrected chi connectivity index (χ1v) is 12.7. The third-order valence-electron chi connectivity index (χ3n) is 6.80. The highest BCUT2D eigenvalue weighted by atomic mass is 16.5. The van der Waals surface area contributed by atoms with E-state index in [0.29, 0.717) is 53.5 Å². The number of carbonyl (C=O) groups is 2. The Hall–Kier alpha value is -3.74. The van der Waals surface area contributed by atoms with Crippen molar-refractivity contribution < 1.29 is 28.5 Å². The minimum absolute atomic E-state index is 0.00724. The van der Waals surface area contributed by atoms with Crippen molar-refractivity contribution in [1.29, 1.82) is 0 Å². The number of Topliss-reactive ketones (excluding diaryl/α,β-unsaturated/α-hetero) is 1. The molecule has 0 saturated heterocycles. The van der Waals surface area contributed by atoms with Crippen molar-refractivity contribution in [3.05, 3.63) is 76.1 Å². The molecule has 0 saturated carbocycles. The van der Waals surface area contributed by atoms with Crippen molar-refractivity contribution in [1.82, 2.24) is 5.32 Å². The van der Waals surface area contributed by atoms with Crippen LogP contribution in [0.4, 0.5) is 0 Å². The van der Waals surface area contributed by atoms with E-state index in [1.807, 2.05) is 70.2 Å². The largest absolute Gasteiger partial charge is 0.494 e. The molecule has 2 atom stereocenters. The Bertz CT molecular complexity index is 1260. The highest BCUT2D eigenvalue weighted by Gasteiger charge is 2.42. The molecule has 37 heavy (non-hydrogen) atoms. The Kier molecular flexibility index (Phi) is 7.91. The molecule has 0 bridgehead atoms. The van der Waals surface area contributed by atoms with Gasteiger partial charge in [-0.15, -0.1) is 0 Å².